The average Bonchev–Trinajstić information content (AvgIpc) is 3.14. The van der Waals surface area contributed by atoms with Crippen LogP contribution in [0.1, 0.15) is 53.0 Å². The van der Waals surface area contributed by atoms with E-state index < -0.39 is 21.7 Å². The lowest BCUT2D eigenvalue weighted by Gasteiger charge is -2.15. The number of sulfone groups is 1. The fourth-order valence-corrected chi connectivity index (χ4v) is 3.99. The molecular formula is C23H28N6O5S. The van der Waals surface area contributed by atoms with Crippen LogP contribution in [0.15, 0.2) is 41.4 Å². The zero-order valence-electron chi connectivity index (χ0n) is 20.0. The number of benzene rings is 1. The van der Waals surface area contributed by atoms with E-state index in [-0.39, 0.29) is 40.1 Å². The Labute approximate surface area is 203 Å². The molecule has 0 aliphatic rings. The van der Waals surface area contributed by atoms with Gasteiger partial charge in [-0.25, -0.2) is 8.42 Å². The fourth-order valence-electron chi connectivity index (χ4n) is 3.34. The molecule has 0 atom stereocenters. The lowest BCUT2D eigenvalue weighted by Crippen LogP contribution is -2.20. The highest BCUT2D eigenvalue weighted by atomic mass is 32.2. The monoisotopic (exact) mass is 500 g/mol. The Bertz CT molecular complexity index is 1340. The molecule has 12 heteroatoms. The van der Waals surface area contributed by atoms with Crippen LogP contribution in [0.4, 0.5) is 5.69 Å². The summed E-state index contributed by atoms with van der Waals surface area (Å²) < 4.78 is 31.5. The van der Waals surface area contributed by atoms with Crippen molar-refractivity contribution in [3.8, 4) is 5.75 Å². The third-order valence-corrected chi connectivity index (χ3v) is 6.11. The Morgan fingerprint density at radius 1 is 1.23 bits per heavy atom. The molecule has 0 fully saturated rings. The molecule has 2 heterocycles. The molecule has 2 aromatic heterocycles. The zero-order valence-corrected chi connectivity index (χ0v) is 20.8. The number of nitrogens with one attached hydrogen (secondary N) is 1. The second-order valence-corrected chi connectivity index (χ2v) is 10.4. The third kappa shape index (κ3) is 6.21. The minimum Gasteiger partial charge on any atom is -0.492 e. The van der Waals surface area contributed by atoms with Gasteiger partial charge in [0.25, 0.3) is 11.8 Å². The minimum absolute atomic E-state index is 0.00715. The maximum absolute atomic E-state index is 13.4. The number of ether oxygens (including phenoxy) is 1. The van der Waals surface area contributed by atoms with Gasteiger partial charge in [-0.05, 0) is 42.7 Å². The molecule has 3 N–H and O–H groups in total. The van der Waals surface area contributed by atoms with Crippen molar-refractivity contribution in [2.75, 3.05) is 18.2 Å². The maximum atomic E-state index is 13.4. The number of primary amides is 1. The van der Waals surface area contributed by atoms with E-state index in [4.69, 9.17) is 10.5 Å². The number of rotatable bonds is 10. The summed E-state index contributed by atoms with van der Waals surface area (Å²) in [7, 11) is -3.58. The molecule has 0 saturated carbocycles. The smallest absolute Gasteiger partial charge is 0.271 e. The number of hydrogen-bond acceptors (Lipinski definition) is 8. The highest BCUT2D eigenvalue weighted by Gasteiger charge is 2.25. The second kappa shape index (κ2) is 10.6. The first-order valence-corrected chi connectivity index (χ1v) is 12.8. The predicted octanol–water partition coefficient (Wildman–Crippen LogP) is 2.07. The van der Waals surface area contributed by atoms with Gasteiger partial charge in [0, 0.05) is 12.5 Å². The number of nitrogens with zero attached hydrogens (tertiary/aromatic N) is 4. The molecule has 2 amide bonds. The van der Waals surface area contributed by atoms with Gasteiger partial charge < -0.3 is 15.8 Å². The van der Waals surface area contributed by atoms with E-state index >= 15 is 0 Å². The Morgan fingerprint density at radius 2 is 1.97 bits per heavy atom. The average molecular weight is 501 g/mol. The molecule has 35 heavy (non-hydrogen) atoms. The highest BCUT2D eigenvalue weighted by Crippen LogP contribution is 2.27. The number of amides is 2. The van der Waals surface area contributed by atoms with Gasteiger partial charge in [0.05, 0.1) is 40.7 Å². The summed E-state index contributed by atoms with van der Waals surface area (Å²) >= 11 is 0. The van der Waals surface area contributed by atoms with Crippen LogP contribution in [0.2, 0.25) is 0 Å². The molecule has 0 spiro atoms. The molecule has 0 saturated heterocycles. The largest absolute Gasteiger partial charge is 0.492 e. The van der Waals surface area contributed by atoms with E-state index in [0.29, 0.717) is 24.4 Å². The van der Waals surface area contributed by atoms with E-state index in [1.165, 1.54) is 29.1 Å². The summed E-state index contributed by atoms with van der Waals surface area (Å²) in [4.78, 5) is 25.5. The Morgan fingerprint density at radius 3 is 2.54 bits per heavy atom. The van der Waals surface area contributed by atoms with Crippen LogP contribution in [0, 0.1) is 5.92 Å². The predicted molar refractivity (Wildman–Crippen MR) is 129 cm³/mol. The molecule has 0 bridgehead atoms. The van der Waals surface area contributed by atoms with Crippen molar-refractivity contribution in [2.45, 2.75) is 38.6 Å². The van der Waals surface area contributed by atoms with Gasteiger partial charge in [-0.3, -0.25) is 14.3 Å². The number of anilines is 1. The van der Waals surface area contributed by atoms with Gasteiger partial charge in [0.2, 0.25) is 0 Å². The van der Waals surface area contributed by atoms with E-state index in [2.05, 4.69) is 20.6 Å². The molecule has 0 radical (unpaired) electrons. The van der Waals surface area contributed by atoms with E-state index in [9.17, 15) is 18.0 Å². The van der Waals surface area contributed by atoms with Crippen LogP contribution >= 0.6 is 0 Å². The number of aromatic nitrogens is 4. The first kappa shape index (κ1) is 25.8. The lowest BCUT2D eigenvalue weighted by molar-refractivity contribution is 0.0995. The number of nitrogens with two attached hydrogens (primary N) is 1. The third-order valence-electron chi connectivity index (χ3n) is 5.00. The van der Waals surface area contributed by atoms with E-state index in [0.717, 1.165) is 6.26 Å². The van der Waals surface area contributed by atoms with Crippen LogP contribution in [-0.4, -0.2) is 53.1 Å². The SMILES string of the molecule is CCc1c(NC(=O)c2cc(S(C)(=O)=O)ccc2OCC(C)C)c(C(N)=O)nn1Cc1cccnn1. The molecule has 3 aromatic rings. The van der Waals surface area contributed by atoms with E-state index in [1.54, 1.807) is 12.1 Å². The minimum atomic E-state index is -3.58. The van der Waals surface area contributed by atoms with Crippen LogP contribution in [0.3, 0.4) is 0 Å². The first-order valence-electron chi connectivity index (χ1n) is 11.0. The molecule has 0 unspecified atom stereocenters. The van der Waals surface area contributed by atoms with Crippen molar-refractivity contribution in [1.29, 1.82) is 0 Å². The highest BCUT2D eigenvalue weighted by molar-refractivity contribution is 7.90. The van der Waals surface area contributed by atoms with Gasteiger partial charge in [0.1, 0.15) is 5.75 Å². The molecule has 0 aliphatic carbocycles. The Balaban J connectivity index is 2.04. The summed E-state index contributed by atoms with van der Waals surface area (Å²) in [5.74, 6) is -1.10. The Hall–Kier alpha value is -3.80. The molecule has 3 rings (SSSR count). The van der Waals surface area contributed by atoms with Crippen molar-refractivity contribution in [2.24, 2.45) is 11.7 Å². The van der Waals surface area contributed by atoms with Crippen molar-refractivity contribution in [3.63, 3.8) is 0 Å². The molecular weight excluding hydrogens is 472 g/mol. The van der Waals surface area contributed by atoms with Crippen molar-refractivity contribution >= 4 is 27.3 Å². The van der Waals surface area contributed by atoms with Gasteiger partial charge in [-0.1, -0.05) is 20.8 Å². The standard InChI is InChI=1S/C23H28N6O5S/c1-5-18-20(21(22(24)30)28-29(18)12-15-7-6-10-25-27-15)26-23(31)17-11-16(35(4,32)33)8-9-19(17)34-13-14(2)3/h6-11,14H,5,12-13H2,1-4H3,(H2,24,30)(H,26,31). The number of carbonyl (C=O) groups is 2. The van der Waals surface area contributed by atoms with Crippen LogP contribution in [0.5, 0.6) is 5.75 Å². The molecule has 0 aliphatic heterocycles. The summed E-state index contributed by atoms with van der Waals surface area (Å²) in [5, 5.41) is 14.9. The maximum Gasteiger partial charge on any atom is 0.271 e. The van der Waals surface area contributed by atoms with Crippen LogP contribution in [0.25, 0.3) is 0 Å². The van der Waals surface area contributed by atoms with Gasteiger partial charge in [-0.15, -0.1) is 0 Å². The summed E-state index contributed by atoms with van der Waals surface area (Å²) in [5.41, 5.74) is 6.73. The van der Waals surface area contributed by atoms with Crippen molar-refractivity contribution in [1.82, 2.24) is 20.0 Å². The first-order chi connectivity index (χ1) is 16.5. The normalized spacial score (nSPS) is 11.5. The molecule has 11 nitrogen and oxygen atoms in total. The Kier molecular flexibility index (Phi) is 7.85. The van der Waals surface area contributed by atoms with E-state index in [1.807, 2.05) is 20.8 Å². The number of hydrogen-bond donors (Lipinski definition) is 2. The van der Waals surface area contributed by atoms with Gasteiger partial charge >= 0.3 is 0 Å². The van der Waals surface area contributed by atoms with Crippen molar-refractivity contribution < 1.29 is 22.7 Å². The van der Waals surface area contributed by atoms with Crippen molar-refractivity contribution in [3.05, 3.63) is 59.2 Å². The topological polar surface area (TPSA) is 159 Å². The lowest BCUT2D eigenvalue weighted by atomic mass is 10.1. The van der Waals surface area contributed by atoms with Gasteiger partial charge in [0.15, 0.2) is 15.5 Å². The molecule has 1 aromatic carbocycles. The van der Waals surface area contributed by atoms with Crippen LogP contribution in [-0.2, 0) is 22.8 Å². The van der Waals surface area contributed by atoms with Crippen LogP contribution < -0.4 is 15.8 Å². The quantitative estimate of drug-likeness (QED) is 0.428. The fraction of sp³-hybridized carbons (Fsp3) is 0.348. The zero-order chi connectivity index (χ0) is 25.8. The summed E-state index contributed by atoms with van der Waals surface area (Å²) in [6.07, 6.45) is 3.00. The second-order valence-electron chi connectivity index (χ2n) is 8.35. The summed E-state index contributed by atoms with van der Waals surface area (Å²) in [6.45, 7) is 6.26. The van der Waals surface area contributed by atoms with Gasteiger partial charge in [-0.2, -0.15) is 15.3 Å². The molecule has 186 valence electrons. The number of carbonyl (C=O) groups excluding carboxylic acids is 2. The summed E-state index contributed by atoms with van der Waals surface area (Å²) in [6, 6.07) is 7.56.